The summed E-state index contributed by atoms with van der Waals surface area (Å²) in [5, 5.41) is 5.22. The highest BCUT2D eigenvalue weighted by atomic mass is 19.1. The van der Waals surface area contributed by atoms with Gasteiger partial charge in [0.15, 0.2) is 0 Å². The van der Waals surface area contributed by atoms with Gasteiger partial charge in [0.05, 0.1) is 63.2 Å². The number of alkyl halides is 2. The van der Waals surface area contributed by atoms with Crippen LogP contribution in [-0.2, 0) is 19.1 Å². The molecule has 2 aliphatic carbocycles. The molecule has 3 fully saturated rings. The first-order chi connectivity index (χ1) is 29.3. The van der Waals surface area contributed by atoms with Crippen LogP contribution in [0.5, 0.6) is 0 Å². The summed E-state index contributed by atoms with van der Waals surface area (Å²) in [6.45, 7) is 7.08. The number of likely N-dealkylation sites (tertiary alicyclic amines) is 2. The van der Waals surface area contributed by atoms with Crippen LogP contribution in [0.4, 0.5) is 18.4 Å². The number of H-pyrrole nitrogens is 2. The molecule has 2 saturated heterocycles. The van der Waals surface area contributed by atoms with Gasteiger partial charge in [0.1, 0.15) is 36.1 Å². The van der Waals surface area contributed by atoms with Crippen molar-refractivity contribution in [3.8, 4) is 33.6 Å². The van der Waals surface area contributed by atoms with E-state index < -0.39 is 48.7 Å². The maximum atomic E-state index is 15.0. The molecule has 16 heteroatoms. The van der Waals surface area contributed by atoms with E-state index >= 15 is 4.39 Å². The third kappa shape index (κ3) is 7.96. The highest BCUT2D eigenvalue weighted by molar-refractivity contribution is 5.87. The van der Waals surface area contributed by atoms with E-state index in [0.29, 0.717) is 23.5 Å². The number of rotatable bonds is 11. The molecule has 8 rings (SSSR count). The van der Waals surface area contributed by atoms with Crippen LogP contribution in [0, 0.1) is 11.8 Å². The summed E-state index contributed by atoms with van der Waals surface area (Å²) in [6.07, 6.45) is 3.06. The zero-order valence-corrected chi connectivity index (χ0v) is 35.3. The molecule has 2 aromatic carbocycles. The maximum absolute atomic E-state index is 15.0. The van der Waals surface area contributed by atoms with E-state index in [-0.39, 0.29) is 49.6 Å². The minimum atomic E-state index is -1.23. The molecule has 4 aromatic rings. The largest absolute Gasteiger partial charge is 0.453 e. The normalized spacial score (nSPS) is 24.0. The summed E-state index contributed by atoms with van der Waals surface area (Å²) in [7, 11) is 2.47. The molecule has 2 bridgehead atoms. The molecule has 0 radical (unpaired) electrons. The zero-order valence-electron chi connectivity index (χ0n) is 35.3. The van der Waals surface area contributed by atoms with Crippen LogP contribution in [0.2, 0.25) is 0 Å². The predicted octanol–water partition coefficient (Wildman–Crippen LogP) is 7.48. The molecule has 4 unspecified atom stereocenters. The number of methoxy groups -OCH3 is 2. The molecule has 2 aromatic heterocycles. The van der Waals surface area contributed by atoms with Crippen LogP contribution in [0.3, 0.4) is 0 Å². The summed E-state index contributed by atoms with van der Waals surface area (Å²) in [6, 6.07) is 9.56. The van der Waals surface area contributed by atoms with Crippen molar-refractivity contribution in [2.24, 2.45) is 11.8 Å². The van der Waals surface area contributed by atoms with Gasteiger partial charge in [-0.2, -0.15) is 0 Å². The molecule has 2 aliphatic heterocycles. The van der Waals surface area contributed by atoms with Gasteiger partial charge >= 0.3 is 12.2 Å². The number of amides is 4. The first-order valence-corrected chi connectivity index (χ1v) is 21.2. The van der Waals surface area contributed by atoms with Crippen LogP contribution >= 0.6 is 0 Å². The Morgan fingerprint density at radius 2 is 1.10 bits per heavy atom. The second kappa shape index (κ2) is 16.9. The van der Waals surface area contributed by atoms with Gasteiger partial charge in [-0.1, -0.05) is 64.1 Å². The van der Waals surface area contributed by atoms with Gasteiger partial charge in [-0.25, -0.2) is 28.3 Å². The Kier molecular flexibility index (Phi) is 11.6. The van der Waals surface area contributed by atoms with E-state index in [1.165, 1.54) is 40.7 Å². The van der Waals surface area contributed by atoms with Crippen molar-refractivity contribution in [3.05, 3.63) is 71.6 Å². The lowest BCUT2D eigenvalue weighted by Gasteiger charge is -2.29. The van der Waals surface area contributed by atoms with Gasteiger partial charge in [0.2, 0.25) is 11.8 Å². The van der Waals surface area contributed by atoms with Crippen molar-refractivity contribution in [2.45, 2.75) is 108 Å². The zero-order chi connectivity index (χ0) is 43.3. The topological polar surface area (TPSA) is 175 Å². The molecule has 4 N–H and O–H groups in total. The number of benzene rings is 2. The number of nitrogens with one attached hydrogen (secondary N) is 4. The first-order valence-electron chi connectivity index (χ1n) is 21.2. The van der Waals surface area contributed by atoms with E-state index in [1.807, 2.05) is 39.8 Å². The molecular weight excluding hydrogens is 787 g/mol. The number of aromatic nitrogens is 4. The van der Waals surface area contributed by atoms with Crippen LogP contribution in [-0.4, -0.2) is 105 Å². The number of fused-ring (bicyclic) bond motifs is 5. The SMILES string of the molecule is COC(=O)N[C@H](C(=O)N1C[C@@H](F)CC1c1ncc(-c2ccc(-c3ccc(-c4cnc(C5C[C@H](F)CN5C(=O)[C@@H](NC(=O)OC)C(C)C)[nH]4)c4c3C3CCC4C3)cc2)[nH]1)C(C)C. The Bertz CT molecular complexity index is 2290. The molecule has 1 saturated carbocycles. The number of carbonyl (C=O) groups excluding carboxylic acids is 4. The van der Waals surface area contributed by atoms with E-state index in [9.17, 15) is 23.6 Å². The monoisotopic (exact) mass is 840 g/mol. The molecule has 4 aliphatic rings. The fraction of sp³-hybridized carbons (Fsp3) is 0.511. The third-order valence-electron chi connectivity index (χ3n) is 13.0. The maximum Gasteiger partial charge on any atom is 0.407 e. The van der Waals surface area contributed by atoms with Crippen molar-refractivity contribution in [3.63, 3.8) is 0 Å². The Labute approximate surface area is 353 Å². The van der Waals surface area contributed by atoms with Gasteiger partial charge in [0, 0.05) is 18.4 Å². The van der Waals surface area contributed by atoms with Gasteiger partial charge in [-0.15, -0.1) is 0 Å². The average molecular weight is 841 g/mol. The molecule has 4 heterocycles. The highest BCUT2D eigenvalue weighted by Crippen LogP contribution is 2.58. The molecule has 0 spiro atoms. The van der Waals surface area contributed by atoms with E-state index in [1.54, 1.807) is 12.4 Å². The van der Waals surface area contributed by atoms with E-state index in [0.717, 1.165) is 47.3 Å². The predicted molar refractivity (Wildman–Crippen MR) is 223 cm³/mol. The quantitative estimate of drug-likeness (QED) is 0.120. The van der Waals surface area contributed by atoms with E-state index in [2.05, 4.69) is 49.9 Å². The standard InChI is InChI=1S/C45H54F2N8O6/c1-22(2)38(52-44(58)60-5)42(56)54-20-28(46)16-34(54)40-48-18-32(50-40)25-9-7-24(8-10-25)30-13-14-31(37-27-12-11-26(15-27)36(30)37)33-19-49-41(51-33)35-17-29(47)21-55(35)43(57)39(23(3)4)53-45(59)61-6/h7-10,13-14,18-19,22-23,26-29,34-35,38-39H,11-12,15-17,20-21H2,1-6H3,(H,48,50)(H,49,51)(H,52,58)(H,53,59)/t26?,27?,28-,29-,34?,35?,38-,39-/m0/s1. The highest BCUT2D eigenvalue weighted by Gasteiger charge is 2.44. The molecule has 324 valence electrons. The van der Waals surface area contributed by atoms with Crippen molar-refractivity contribution in [1.29, 1.82) is 0 Å². The number of carbonyl (C=O) groups is 4. The second-order valence-corrected chi connectivity index (χ2v) is 17.5. The summed E-state index contributed by atoms with van der Waals surface area (Å²) < 4.78 is 39.4. The lowest BCUT2D eigenvalue weighted by Crippen LogP contribution is -2.51. The summed E-state index contributed by atoms with van der Waals surface area (Å²) >= 11 is 0. The number of imidazole rings is 2. The first kappa shape index (κ1) is 41.9. The van der Waals surface area contributed by atoms with Crippen LogP contribution in [0.15, 0.2) is 48.8 Å². The summed E-state index contributed by atoms with van der Waals surface area (Å²) in [4.78, 5) is 70.5. The minimum Gasteiger partial charge on any atom is -0.453 e. The van der Waals surface area contributed by atoms with Crippen molar-refractivity contribution < 1.29 is 37.4 Å². The molecule has 4 amide bonds. The number of hydrogen-bond acceptors (Lipinski definition) is 8. The van der Waals surface area contributed by atoms with Crippen molar-refractivity contribution in [2.75, 3.05) is 27.3 Å². The minimum absolute atomic E-state index is 0.0873. The molecule has 8 atom stereocenters. The van der Waals surface area contributed by atoms with Gasteiger partial charge in [-0.05, 0) is 70.8 Å². The van der Waals surface area contributed by atoms with Crippen LogP contribution in [0.1, 0.15) is 106 Å². The number of ether oxygens (including phenoxy) is 2. The Balaban J connectivity index is 1.03. The van der Waals surface area contributed by atoms with Crippen LogP contribution < -0.4 is 10.6 Å². The second-order valence-electron chi connectivity index (χ2n) is 17.5. The fourth-order valence-electron chi connectivity index (χ4n) is 9.96. The number of hydrogen-bond donors (Lipinski definition) is 4. The number of alkyl carbamates (subject to hydrolysis) is 2. The van der Waals surface area contributed by atoms with E-state index in [4.69, 9.17) is 14.5 Å². The fourth-order valence-corrected chi connectivity index (χ4v) is 9.96. The van der Waals surface area contributed by atoms with Crippen molar-refractivity contribution in [1.82, 2.24) is 40.4 Å². The number of aromatic amines is 2. The lowest BCUT2D eigenvalue weighted by atomic mass is 9.82. The van der Waals surface area contributed by atoms with Crippen molar-refractivity contribution >= 4 is 24.0 Å². The molecule has 14 nitrogen and oxygen atoms in total. The Morgan fingerprint density at radius 3 is 1.59 bits per heavy atom. The average Bonchev–Trinajstić information content (AvgIpc) is 4.12. The van der Waals surface area contributed by atoms with Crippen LogP contribution in [0.25, 0.3) is 33.6 Å². The number of nitrogens with zero attached hydrogens (tertiary/aromatic N) is 4. The van der Waals surface area contributed by atoms with Gasteiger partial charge in [0.25, 0.3) is 0 Å². The molecule has 61 heavy (non-hydrogen) atoms. The Morgan fingerprint density at radius 1 is 0.656 bits per heavy atom. The Hall–Kier alpha value is -5.80. The summed E-state index contributed by atoms with van der Waals surface area (Å²) in [5.74, 6) is 0.557. The lowest BCUT2D eigenvalue weighted by molar-refractivity contribution is -0.136. The molecular formula is C45H54F2N8O6. The van der Waals surface area contributed by atoms with Gasteiger partial charge in [-0.3, -0.25) is 9.59 Å². The van der Waals surface area contributed by atoms with Gasteiger partial charge < -0.3 is 39.9 Å². The third-order valence-corrected chi connectivity index (χ3v) is 13.0. The smallest absolute Gasteiger partial charge is 0.407 e. The number of halogens is 2. The summed E-state index contributed by atoms with van der Waals surface area (Å²) in [5.41, 5.74) is 8.39.